The normalized spacial score (nSPS) is 29.4. The van der Waals surface area contributed by atoms with Gasteiger partial charge in [0.25, 0.3) is 0 Å². The van der Waals surface area contributed by atoms with Crippen molar-refractivity contribution in [3.63, 3.8) is 0 Å². The number of hydrogen-bond acceptors (Lipinski definition) is 6. The van der Waals surface area contributed by atoms with E-state index in [1.54, 1.807) is 27.6 Å². The van der Waals surface area contributed by atoms with Crippen molar-refractivity contribution in [3.05, 3.63) is 25.3 Å². The highest BCUT2D eigenvalue weighted by Gasteiger charge is 2.75. The molecule has 3 aliphatic heterocycles. The van der Waals surface area contributed by atoms with Crippen molar-refractivity contribution in [2.45, 2.75) is 101 Å². The Balaban J connectivity index is 2.00. The number of hydrogen-bond donors (Lipinski definition) is 1. The first-order valence-corrected chi connectivity index (χ1v) is 14.6. The molecule has 0 radical (unpaired) electrons. The van der Waals surface area contributed by atoms with Gasteiger partial charge in [-0.1, -0.05) is 26.0 Å². The topological polar surface area (TPSA) is 87.2 Å². The smallest absolute Gasteiger partial charge is 0.310 e. The molecule has 2 amide bonds. The van der Waals surface area contributed by atoms with Crippen molar-refractivity contribution < 1.29 is 24.2 Å². The van der Waals surface area contributed by atoms with Gasteiger partial charge >= 0.3 is 5.97 Å². The molecule has 6 atom stereocenters. The summed E-state index contributed by atoms with van der Waals surface area (Å²) >= 11 is 1.64. The first kappa shape index (κ1) is 29.8. The second-order valence-corrected chi connectivity index (χ2v) is 13.7. The molecule has 3 rings (SSSR count). The number of likely N-dealkylation sites (tertiary alicyclic amines) is 1. The van der Waals surface area contributed by atoms with E-state index in [1.165, 1.54) is 0 Å². The van der Waals surface area contributed by atoms with E-state index in [4.69, 9.17) is 4.74 Å². The van der Waals surface area contributed by atoms with E-state index in [1.807, 2.05) is 40.7 Å². The SMILES string of the molecule is C=CCCCCOC(=O)[C@@H]1[C@@H]2CCC3(S2)C(C(=O)N(CC=C)C(C)(C)C)N([C@@H](CO)CC(C)C)C(=O)[C@H]13. The van der Waals surface area contributed by atoms with Crippen molar-refractivity contribution in [2.75, 3.05) is 19.8 Å². The van der Waals surface area contributed by atoms with Gasteiger partial charge in [0.1, 0.15) is 6.04 Å². The Morgan fingerprint density at radius 3 is 2.54 bits per heavy atom. The summed E-state index contributed by atoms with van der Waals surface area (Å²) in [6.45, 7) is 18.1. The van der Waals surface area contributed by atoms with Gasteiger partial charge in [0.2, 0.25) is 11.8 Å². The molecule has 2 bridgehead atoms. The van der Waals surface area contributed by atoms with Crippen LogP contribution in [0, 0.1) is 17.8 Å². The van der Waals surface area contributed by atoms with Gasteiger partial charge in [-0.15, -0.1) is 24.9 Å². The van der Waals surface area contributed by atoms with Crippen molar-refractivity contribution in [2.24, 2.45) is 17.8 Å². The Morgan fingerprint density at radius 2 is 1.97 bits per heavy atom. The summed E-state index contributed by atoms with van der Waals surface area (Å²) < 4.78 is 4.99. The molecule has 7 nitrogen and oxygen atoms in total. The zero-order chi connectivity index (χ0) is 27.5. The lowest BCUT2D eigenvalue weighted by Crippen LogP contribution is -2.60. The number of allylic oxidation sites excluding steroid dienone is 1. The number of nitrogens with zero attached hydrogens (tertiary/aromatic N) is 2. The number of aliphatic hydroxyl groups excluding tert-OH is 1. The highest BCUT2D eigenvalue weighted by molar-refractivity contribution is 8.02. The van der Waals surface area contributed by atoms with Crippen LogP contribution in [0.3, 0.4) is 0 Å². The lowest BCUT2D eigenvalue weighted by atomic mass is 9.71. The van der Waals surface area contributed by atoms with Crippen LogP contribution in [0.4, 0.5) is 0 Å². The summed E-state index contributed by atoms with van der Waals surface area (Å²) in [6, 6.07) is -1.22. The number of unbranched alkanes of at least 4 members (excludes halogenated alkanes) is 2. The number of carbonyl (C=O) groups is 3. The third-order valence-corrected chi connectivity index (χ3v) is 9.98. The summed E-state index contributed by atoms with van der Waals surface area (Å²) in [4.78, 5) is 45.4. The van der Waals surface area contributed by atoms with Gasteiger partial charge in [0.05, 0.1) is 35.8 Å². The minimum Gasteiger partial charge on any atom is -0.465 e. The quantitative estimate of drug-likeness (QED) is 0.217. The molecule has 0 aliphatic carbocycles. The Bertz CT molecular complexity index is 884. The molecule has 8 heteroatoms. The van der Waals surface area contributed by atoms with Crippen molar-refractivity contribution >= 4 is 29.5 Å². The molecule has 208 valence electrons. The van der Waals surface area contributed by atoms with Crippen LogP contribution in [0.2, 0.25) is 0 Å². The lowest BCUT2D eigenvalue weighted by molar-refractivity contribution is -0.154. The van der Waals surface area contributed by atoms with Gasteiger partial charge < -0.3 is 19.6 Å². The van der Waals surface area contributed by atoms with Gasteiger partial charge in [0, 0.05) is 17.3 Å². The van der Waals surface area contributed by atoms with Crippen LogP contribution in [0.5, 0.6) is 0 Å². The number of rotatable bonds is 13. The summed E-state index contributed by atoms with van der Waals surface area (Å²) in [5.74, 6) is -1.59. The fourth-order valence-corrected chi connectivity index (χ4v) is 8.67. The maximum atomic E-state index is 14.4. The molecule has 2 unspecified atom stereocenters. The number of fused-ring (bicyclic) bond motifs is 1. The third-order valence-electron chi connectivity index (χ3n) is 8.03. The minimum atomic E-state index is -0.736. The summed E-state index contributed by atoms with van der Waals surface area (Å²) in [6.07, 6.45) is 8.13. The van der Waals surface area contributed by atoms with E-state index < -0.39 is 34.2 Å². The molecular formula is C29H46N2O5S. The van der Waals surface area contributed by atoms with Crippen LogP contribution >= 0.6 is 11.8 Å². The van der Waals surface area contributed by atoms with Crippen LogP contribution in [-0.4, -0.2) is 80.1 Å². The second-order valence-electron chi connectivity index (χ2n) is 12.1. The van der Waals surface area contributed by atoms with Gasteiger partial charge in [-0.05, 0) is 65.2 Å². The molecule has 37 heavy (non-hydrogen) atoms. The molecule has 3 aliphatic rings. The number of amides is 2. The van der Waals surface area contributed by atoms with Gasteiger partial charge in [-0.3, -0.25) is 14.4 Å². The predicted octanol–water partition coefficient (Wildman–Crippen LogP) is 4.20. The van der Waals surface area contributed by atoms with E-state index in [2.05, 4.69) is 13.2 Å². The zero-order valence-electron chi connectivity index (χ0n) is 23.3. The largest absolute Gasteiger partial charge is 0.465 e. The average molecular weight is 535 g/mol. The van der Waals surface area contributed by atoms with Crippen molar-refractivity contribution in [1.82, 2.24) is 9.80 Å². The monoisotopic (exact) mass is 534 g/mol. The van der Waals surface area contributed by atoms with Gasteiger partial charge in [-0.2, -0.15) is 0 Å². The Labute approximate surface area is 227 Å². The lowest BCUT2D eigenvalue weighted by Gasteiger charge is -2.43. The molecular weight excluding hydrogens is 488 g/mol. The molecule has 0 aromatic rings. The fraction of sp³-hybridized carbons (Fsp3) is 0.759. The molecule has 1 spiro atoms. The van der Waals surface area contributed by atoms with E-state index in [0.29, 0.717) is 26.0 Å². The van der Waals surface area contributed by atoms with E-state index in [9.17, 15) is 19.5 Å². The van der Waals surface area contributed by atoms with Gasteiger partial charge in [0.15, 0.2) is 0 Å². The number of aliphatic hydroxyl groups is 1. The fourth-order valence-electron chi connectivity index (χ4n) is 6.48. The standard InChI is InChI=1S/C29H46N2O5S/c1-8-10-11-12-16-36-27(35)22-21-13-14-29(37-21)23(22)25(33)31(20(18-32)17-19(3)4)24(29)26(34)30(15-9-2)28(5,6)7/h8-9,19-24,32H,1-2,10-18H2,3-7H3/t20-,21+,22-,23+,24?,29?/m1/s1. The summed E-state index contributed by atoms with van der Waals surface area (Å²) in [5.41, 5.74) is -0.480. The zero-order valence-corrected chi connectivity index (χ0v) is 24.1. The summed E-state index contributed by atoms with van der Waals surface area (Å²) in [5, 5.41) is 10.4. The second kappa shape index (κ2) is 11.9. The van der Waals surface area contributed by atoms with Crippen molar-refractivity contribution in [3.8, 4) is 0 Å². The Morgan fingerprint density at radius 1 is 1.27 bits per heavy atom. The van der Waals surface area contributed by atoms with Crippen LogP contribution in [0.15, 0.2) is 25.3 Å². The van der Waals surface area contributed by atoms with Crippen molar-refractivity contribution in [1.29, 1.82) is 0 Å². The van der Waals surface area contributed by atoms with Crippen LogP contribution < -0.4 is 0 Å². The number of esters is 1. The third kappa shape index (κ3) is 5.65. The molecule has 0 aromatic heterocycles. The average Bonchev–Trinajstić information content (AvgIpc) is 3.47. The number of carbonyl (C=O) groups excluding carboxylic acids is 3. The first-order chi connectivity index (χ1) is 17.4. The highest BCUT2D eigenvalue weighted by atomic mass is 32.2. The highest BCUT2D eigenvalue weighted by Crippen LogP contribution is 2.67. The van der Waals surface area contributed by atoms with Crippen LogP contribution in [0.1, 0.15) is 73.1 Å². The molecule has 0 saturated carbocycles. The number of thioether (sulfide) groups is 1. The van der Waals surface area contributed by atoms with Crippen LogP contribution in [0.25, 0.3) is 0 Å². The van der Waals surface area contributed by atoms with Crippen LogP contribution in [-0.2, 0) is 19.1 Å². The minimum absolute atomic E-state index is 0.0350. The molecule has 3 fully saturated rings. The number of ether oxygens (including phenoxy) is 1. The molecule has 3 saturated heterocycles. The maximum absolute atomic E-state index is 14.4. The Kier molecular flexibility index (Phi) is 9.60. The molecule has 3 heterocycles. The maximum Gasteiger partial charge on any atom is 0.310 e. The predicted molar refractivity (Wildman–Crippen MR) is 148 cm³/mol. The Hall–Kier alpha value is -1.80. The molecule has 1 N–H and O–H groups in total. The molecule has 0 aromatic carbocycles. The van der Waals surface area contributed by atoms with E-state index >= 15 is 0 Å². The summed E-state index contributed by atoms with van der Waals surface area (Å²) in [7, 11) is 0. The first-order valence-electron chi connectivity index (χ1n) is 13.7. The van der Waals surface area contributed by atoms with E-state index in [0.717, 1.165) is 25.7 Å². The van der Waals surface area contributed by atoms with Gasteiger partial charge in [-0.25, -0.2) is 0 Å². The van der Waals surface area contributed by atoms with E-state index in [-0.39, 0.29) is 35.6 Å².